The van der Waals surface area contributed by atoms with E-state index in [0.29, 0.717) is 12.6 Å². The maximum Gasteiger partial charge on any atom is 0.244 e. The Morgan fingerprint density at radius 2 is 1.85 bits per heavy atom. The van der Waals surface area contributed by atoms with E-state index in [2.05, 4.69) is 5.32 Å². The predicted molar refractivity (Wildman–Crippen MR) is 83.5 cm³/mol. The Kier molecular flexibility index (Phi) is 6.01. The summed E-state index contributed by atoms with van der Waals surface area (Å²) in [5.74, 6) is 0. The molecular formula is C14H23ClN2O2S. The van der Waals surface area contributed by atoms with Gasteiger partial charge in [0.25, 0.3) is 0 Å². The third kappa shape index (κ3) is 4.19. The maximum atomic E-state index is 12.5. The largest absolute Gasteiger partial charge is 0.310 e. The van der Waals surface area contributed by atoms with Gasteiger partial charge in [-0.2, -0.15) is 4.31 Å². The number of benzene rings is 1. The molecule has 0 aliphatic rings. The zero-order valence-corrected chi connectivity index (χ0v) is 14.2. The second-order valence-electron chi connectivity index (χ2n) is 5.42. The van der Waals surface area contributed by atoms with E-state index in [1.54, 1.807) is 19.2 Å². The number of nitrogens with zero attached hydrogens (tertiary/aromatic N) is 1. The fraction of sp³-hybridized carbons (Fsp3) is 0.571. The Hall–Kier alpha value is -0.620. The van der Waals surface area contributed by atoms with E-state index in [0.717, 1.165) is 5.56 Å². The van der Waals surface area contributed by atoms with Crippen LogP contribution in [0.1, 0.15) is 33.3 Å². The van der Waals surface area contributed by atoms with E-state index in [4.69, 9.17) is 11.6 Å². The minimum absolute atomic E-state index is 0.117. The summed E-state index contributed by atoms with van der Waals surface area (Å²) in [5, 5.41) is 3.52. The highest BCUT2D eigenvalue weighted by molar-refractivity contribution is 7.89. The maximum absolute atomic E-state index is 12.5. The van der Waals surface area contributed by atoms with Crippen LogP contribution < -0.4 is 5.32 Å². The summed E-state index contributed by atoms with van der Waals surface area (Å²) in [6, 6.07) is 5.34. The zero-order chi connectivity index (χ0) is 15.5. The molecule has 0 aliphatic heterocycles. The molecule has 20 heavy (non-hydrogen) atoms. The lowest BCUT2D eigenvalue weighted by atomic mass is 10.2. The molecule has 0 atom stereocenters. The highest BCUT2D eigenvalue weighted by atomic mass is 35.5. The molecule has 0 heterocycles. The number of hydrogen-bond acceptors (Lipinski definition) is 3. The van der Waals surface area contributed by atoms with Crippen LogP contribution >= 0.6 is 11.6 Å². The van der Waals surface area contributed by atoms with Gasteiger partial charge < -0.3 is 5.32 Å². The molecule has 0 bridgehead atoms. The third-order valence-corrected chi connectivity index (χ3v) is 5.61. The number of hydrogen-bond donors (Lipinski definition) is 1. The van der Waals surface area contributed by atoms with Crippen LogP contribution in [0, 0.1) is 0 Å². The van der Waals surface area contributed by atoms with E-state index in [1.807, 2.05) is 33.8 Å². The van der Waals surface area contributed by atoms with Crippen molar-refractivity contribution >= 4 is 21.6 Å². The van der Waals surface area contributed by atoms with Gasteiger partial charge in [-0.05, 0) is 31.5 Å². The standard InChI is InChI=1S/C14H23ClN2O2S/c1-10(2)16-9-12-6-7-13(15)14(8-12)20(18,19)17(5)11(3)4/h6-8,10-11,16H,9H2,1-5H3. The molecule has 0 saturated heterocycles. The molecule has 6 heteroatoms. The first kappa shape index (κ1) is 17.4. The molecule has 1 rings (SSSR count). The molecule has 0 spiro atoms. The lowest BCUT2D eigenvalue weighted by Gasteiger charge is -2.22. The molecule has 1 N–H and O–H groups in total. The van der Waals surface area contributed by atoms with Gasteiger partial charge in [0.05, 0.1) is 5.02 Å². The molecule has 1 aromatic rings. The van der Waals surface area contributed by atoms with Gasteiger partial charge >= 0.3 is 0 Å². The number of nitrogens with one attached hydrogen (secondary N) is 1. The van der Waals surface area contributed by atoms with E-state index in [1.165, 1.54) is 4.31 Å². The van der Waals surface area contributed by atoms with Crippen molar-refractivity contribution in [3.05, 3.63) is 28.8 Å². The third-order valence-electron chi connectivity index (χ3n) is 3.09. The molecule has 4 nitrogen and oxygen atoms in total. The fourth-order valence-corrected chi connectivity index (χ4v) is 3.50. The van der Waals surface area contributed by atoms with Crippen molar-refractivity contribution in [3.8, 4) is 0 Å². The number of rotatable bonds is 6. The van der Waals surface area contributed by atoms with Crippen molar-refractivity contribution in [1.29, 1.82) is 0 Å². The fourth-order valence-electron chi connectivity index (χ4n) is 1.61. The summed E-state index contributed by atoms with van der Waals surface area (Å²) >= 11 is 6.07. The quantitative estimate of drug-likeness (QED) is 0.877. The second kappa shape index (κ2) is 6.89. The van der Waals surface area contributed by atoms with Crippen LogP contribution in [-0.2, 0) is 16.6 Å². The zero-order valence-electron chi connectivity index (χ0n) is 12.6. The highest BCUT2D eigenvalue weighted by Gasteiger charge is 2.25. The molecular weight excluding hydrogens is 296 g/mol. The van der Waals surface area contributed by atoms with Gasteiger partial charge in [-0.3, -0.25) is 0 Å². The predicted octanol–water partition coefficient (Wildman–Crippen LogP) is 2.87. The SMILES string of the molecule is CC(C)NCc1ccc(Cl)c(S(=O)(=O)N(C)C(C)C)c1. The van der Waals surface area contributed by atoms with Crippen LogP contribution in [0.2, 0.25) is 5.02 Å². The smallest absolute Gasteiger partial charge is 0.244 e. The summed E-state index contributed by atoms with van der Waals surface area (Å²) in [5.41, 5.74) is 0.902. The van der Waals surface area contributed by atoms with Gasteiger partial charge in [-0.15, -0.1) is 0 Å². The lowest BCUT2D eigenvalue weighted by molar-refractivity contribution is 0.410. The molecule has 0 fully saturated rings. The Labute approximate surface area is 127 Å². The van der Waals surface area contributed by atoms with Crippen LogP contribution in [0.15, 0.2) is 23.1 Å². The number of sulfonamides is 1. The monoisotopic (exact) mass is 318 g/mol. The summed E-state index contributed by atoms with van der Waals surface area (Å²) in [6.45, 7) is 8.36. The van der Waals surface area contributed by atoms with Gasteiger partial charge in [-0.25, -0.2) is 8.42 Å². The molecule has 0 saturated carbocycles. The summed E-state index contributed by atoms with van der Waals surface area (Å²) in [6.07, 6.45) is 0. The van der Waals surface area contributed by atoms with Crippen LogP contribution in [0.3, 0.4) is 0 Å². The Bertz CT molecular complexity index is 556. The lowest BCUT2D eigenvalue weighted by Crippen LogP contribution is -2.33. The first-order chi connectivity index (χ1) is 9.16. The van der Waals surface area contributed by atoms with Gasteiger partial charge in [-0.1, -0.05) is 31.5 Å². The topological polar surface area (TPSA) is 49.4 Å². The van der Waals surface area contributed by atoms with Crippen molar-refractivity contribution in [2.75, 3.05) is 7.05 Å². The minimum atomic E-state index is -3.56. The van der Waals surface area contributed by atoms with Crippen LogP contribution in [0.4, 0.5) is 0 Å². The molecule has 0 unspecified atom stereocenters. The molecule has 0 aromatic heterocycles. The van der Waals surface area contributed by atoms with Crippen molar-refractivity contribution in [2.45, 2.75) is 51.2 Å². The molecule has 114 valence electrons. The summed E-state index contributed by atoms with van der Waals surface area (Å²) in [4.78, 5) is 0.165. The van der Waals surface area contributed by atoms with Crippen molar-refractivity contribution in [3.63, 3.8) is 0 Å². The number of halogens is 1. The average molecular weight is 319 g/mol. The van der Waals surface area contributed by atoms with E-state index < -0.39 is 10.0 Å². The Morgan fingerprint density at radius 1 is 1.25 bits per heavy atom. The first-order valence-corrected chi connectivity index (χ1v) is 8.48. The van der Waals surface area contributed by atoms with Crippen LogP contribution in [0.25, 0.3) is 0 Å². The Morgan fingerprint density at radius 3 is 2.35 bits per heavy atom. The Balaban J connectivity index is 3.14. The summed E-state index contributed by atoms with van der Waals surface area (Å²) in [7, 11) is -1.99. The van der Waals surface area contributed by atoms with Crippen LogP contribution in [-0.4, -0.2) is 31.9 Å². The van der Waals surface area contributed by atoms with Crippen molar-refractivity contribution < 1.29 is 8.42 Å². The second-order valence-corrected chi connectivity index (χ2v) is 7.79. The van der Waals surface area contributed by atoms with E-state index in [-0.39, 0.29) is 16.0 Å². The van der Waals surface area contributed by atoms with Crippen LogP contribution in [0.5, 0.6) is 0 Å². The van der Waals surface area contributed by atoms with Gasteiger partial charge in [0.15, 0.2) is 0 Å². The van der Waals surface area contributed by atoms with Crippen molar-refractivity contribution in [2.24, 2.45) is 0 Å². The van der Waals surface area contributed by atoms with Crippen molar-refractivity contribution in [1.82, 2.24) is 9.62 Å². The highest BCUT2D eigenvalue weighted by Crippen LogP contribution is 2.26. The van der Waals surface area contributed by atoms with Gasteiger partial charge in [0.1, 0.15) is 4.90 Å². The molecule has 0 aliphatic carbocycles. The molecule has 0 amide bonds. The van der Waals surface area contributed by atoms with Gasteiger partial charge in [0.2, 0.25) is 10.0 Å². The first-order valence-electron chi connectivity index (χ1n) is 6.66. The van der Waals surface area contributed by atoms with E-state index in [9.17, 15) is 8.42 Å². The normalized spacial score (nSPS) is 12.7. The minimum Gasteiger partial charge on any atom is -0.310 e. The summed E-state index contributed by atoms with van der Waals surface area (Å²) < 4.78 is 26.3. The van der Waals surface area contributed by atoms with E-state index >= 15 is 0 Å². The average Bonchev–Trinajstić information content (AvgIpc) is 2.36. The molecule has 0 radical (unpaired) electrons. The van der Waals surface area contributed by atoms with Gasteiger partial charge in [0, 0.05) is 25.7 Å². The molecule has 1 aromatic carbocycles.